The highest BCUT2D eigenvalue weighted by atomic mass is 16.5. The molecule has 0 saturated carbocycles. The SMILES string of the molecule is NCCC(=O)Cc1ccc(N2CCOCC2)cc1. The summed E-state index contributed by atoms with van der Waals surface area (Å²) in [5.41, 5.74) is 7.63. The Labute approximate surface area is 108 Å². The number of nitrogens with two attached hydrogens (primary N) is 1. The molecule has 2 N–H and O–H groups in total. The van der Waals surface area contributed by atoms with Crippen LogP contribution in [0.5, 0.6) is 0 Å². The summed E-state index contributed by atoms with van der Waals surface area (Å²) in [5, 5.41) is 0. The number of nitrogens with zero attached hydrogens (tertiary/aromatic N) is 1. The van der Waals surface area contributed by atoms with E-state index in [9.17, 15) is 4.79 Å². The number of carbonyl (C=O) groups excluding carboxylic acids is 1. The Kier molecular flexibility index (Phi) is 4.73. The van der Waals surface area contributed by atoms with Gasteiger partial charge < -0.3 is 15.4 Å². The van der Waals surface area contributed by atoms with Crippen LogP contribution in [0.25, 0.3) is 0 Å². The predicted octanol–water partition coefficient (Wildman–Crippen LogP) is 0.984. The number of morpholine rings is 1. The van der Waals surface area contributed by atoms with E-state index in [4.69, 9.17) is 10.5 Å². The Morgan fingerprint density at radius 1 is 1.22 bits per heavy atom. The van der Waals surface area contributed by atoms with E-state index in [1.807, 2.05) is 12.1 Å². The van der Waals surface area contributed by atoms with Gasteiger partial charge >= 0.3 is 0 Å². The smallest absolute Gasteiger partial charge is 0.138 e. The molecule has 0 bridgehead atoms. The Bertz CT molecular complexity index is 383. The summed E-state index contributed by atoms with van der Waals surface area (Å²) < 4.78 is 5.33. The van der Waals surface area contributed by atoms with Crippen molar-refractivity contribution in [1.29, 1.82) is 0 Å². The van der Waals surface area contributed by atoms with Gasteiger partial charge in [0.1, 0.15) is 5.78 Å². The van der Waals surface area contributed by atoms with E-state index in [0.717, 1.165) is 31.9 Å². The van der Waals surface area contributed by atoms with Crippen LogP contribution in [0.15, 0.2) is 24.3 Å². The van der Waals surface area contributed by atoms with Crippen LogP contribution < -0.4 is 10.6 Å². The van der Waals surface area contributed by atoms with Gasteiger partial charge in [-0.1, -0.05) is 12.1 Å². The third-order valence-corrected chi connectivity index (χ3v) is 3.14. The molecule has 0 atom stereocenters. The minimum Gasteiger partial charge on any atom is -0.378 e. The van der Waals surface area contributed by atoms with Crippen molar-refractivity contribution >= 4 is 11.5 Å². The molecule has 18 heavy (non-hydrogen) atoms. The predicted molar refractivity (Wildman–Crippen MR) is 71.9 cm³/mol. The molecule has 1 aliphatic rings. The zero-order valence-corrected chi connectivity index (χ0v) is 10.6. The molecular formula is C14H20N2O2. The van der Waals surface area contributed by atoms with E-state index in [1.54, 1.807) is 0 Å². The summed E-state index contributed by atoms with van der Waals surface area (Å²) in [6.45, 7) is 3.88. The molecule has 0 amide bonds. The lowest BCUT2D eigenvalue weighted by Crippen LogP contribution is -2.36. The molecule has 1 heterocycles. The van der Waals surface area contributed by atoms with Crippen molar-refractivity contribution in [3.05, 3.63) is 29.8 Å². The number of benzene rings is 1. The number of hydrogen-bond acceptors (Lipinski definition) is 4. The van der Waals surface area contributed by atoms with Crippen LogP contribution in [-0.4, -0.2) is 38.6 Å². The van der Waals surface area contributed by atoms with Gasteiger partial charge in [-0.25, -0.2) is 0 Å². The molecule has 1 saturated heterocycles. The lowest BCUT2D eigenvalue weighted by Gasteiger charge is -2.28. The first-order valence-electron chi connectivity index (χ1n) is 6.43. The molecule has 0 spiro atoms. The van der Waals surface area contributed by atoms with Crippen molar-refractivity contribution in [3.63, 3.8) is 0 Å². The van der Waals surface area contributed by atoms with Gasteiger partial charge in [0.25, 0.3) is 0 Å². The molecule has 2 rings (SSSR count). The van der Waals surface area contributed by atoms with E-state index in [-0.39, 0.29) is 5.78 Å². The minimum atomic E-state index is 0.205. The van der Waals surface area contributed by atoms with Crippen LogP contribution in [0.1, 0.15) is 12.0 Å². The van der Waals surface area contributed by atoms with E-state index in [0.29, 0.717) is 19.4 Å². The molecule has 1 fully saturated rings. The molecule has 4 heteroatoms. The molecule has 0 aliphatic carbocycles. The first-order chi connectivity index (χ1) is 8.79. The zero-order valence-electron chi connectivity index (χ0n) is 10.6. The average molecular weight is 248 g/mol. The van der Waals surface area contributed by atoms with Crippen LogP contribution in [0.2, 0.25) is 0 Å². The van der Waals surface area contributed by atoms with E-state index >= 15 is 0 Å². The van der Waals surface area contributed by atoms with Crippen molar-refractivity contribution < 1.29 is 9.53 Å². The molecule has 98 valence electrons. The number of ether oxygens (including phenoxy) is 1. The average Bonchev–Trinajstić information content (AvgIpc) is 2.41. The Morgan fingerprint density at radius 2 is 1.89 bits per heavy atom. The molecule has 4 nitrogen and oxygen atoms in total. The molecule has 1 aromatic rings. The molecule has 1 aromatic carbocycles. The highest BCUT2D eigenvalue weighted by Gasteiger charge is 2.11. The fourth-order valence-electron chi connectivity index (χ4n) is 2.12. The maximum absolute atomic E-state index is 11.5. The second kappa shape index (κ2) is 6.52. The molecular weight excluding hydrogens is 228 g/mol. The Morgan fingerprint density at radius 3 is 2.50 bits per heavy atom. The summed E-state index contributed by atoms with van der Waals surface area (Å²) in [7, 11) is 0. The standard InChI is InChI=1S/C14H20N2O2/c15-6-5-14(17)11-12-1-3-13(4-2-12)16-7-9-18-10-8-16/h1-4H,5-11,15H2. The first-order valence-corrected chi connectivity index (χ1v) is 6.43. The van der Waals surface area contributed by atoms with Gasteiger partial charge in [0.05, 0.1) is 13.2 Å². The van der Waals surface area contributed by atoms with Gasteiger partial charge in [-0.05, 0) is 24.2 Å². The molecule has 1 aliphatic heterocycles. The van der Waals surface area contributed by atoms with Crippen LogP contribution >= 0.6 is 0 Å². The second-order valence-electron chi connectivity index (χ2n) is 4.52. The van der Waals surface area contributed by atoms with E-state index in [1.165, 1.54) is 5.69 Å². The number of Topliss-reactive ketones (excluding diaryl/α,β-unsaturated/α-hetero) is 1. The molecule has 0 radical (unpaired) electrons. The third-order valence-electron chi connectivity index (χ3n) is 3.14. The fourth-order valence-corrected chi connectivity index (χ4v) is 2.12. The maximum Gasteiger partial charge on any atom is 0.138 e. The van der Waals surface area contributed by atoms with Crippen molar-refractivity contribution in [2.75, 3.05) is 37.7 Å². The van der Waals surface area contributed by atoms with Gasteiger partial charge in [-0.15, -0.1) is 0 Å². The van der Waals surface area contributed by atoms with Crippen LogP contribution in [0.4, 0.5) is 5.69 Å². The van der Waals surface area contributed by atoms with Gasteiger partial charge in [-0.3, -0.25) is 4.79 Å². The summed E-state index contributed by atoms with van der Waals surface area (Å²) in [6.07, 6.45) is 0.950. The summed E-state index contributed by atoms with van der Waals surface area (Å²) in [4.78, 5) is 13.8. The number of anilines is 1. The highest BCUT2D eigenvalue weighted by Crippen LogP contribution is 2.17. The highest BCUT2D eigenvalue weighted by molar-refractivity contribution is 5.81. The fraction of sp³-hybridized carbons (Fsp3) is 0.500. The lowest BCUT2D eigenvalue weighted by atomic mass is 10.1. The van der Waals surface area contributed by atoms with Crippen LogP contribution in [0.3, 0.4) is 0 Å². The van der Waals surface area contributed by atoms with Gasteiger partial charge in [-0.2, -0.15) is 0 Å². The second-order valence-corrected chi connectivity index (χ2v) is 4.52. The minimum absolute atomic E-state index is 0.205. The maximum atomic E-state index is 11.5. The topological polar surface area (TPSA) is 55.6 Å². The first kappa shape index (κ1) is 13.1. The van der Waals surface area contributed by atoms with Crippen molar-refractivity contribution in [1.82, 2.24) is 0 Å². The monoisotopic (exact) mass is 248 g/mol. The number of hydrogen-bond donors (Lipinski definition) is 1. The summed E-state index contributed by atoms with van der Waals surface area (Å²) in [5.74, 6) is 0.205. The van der Waals surface area contributed by atoms with Gasteiger partial charge in [0, 0.05) is 31.6 Å². The van der Waals surface area contributed by atoms with Gasteiger partial charge in [0.15, 0.2) is 0 Å². The normalized spacial score (nSPS) is 15.7. The Hall–Kier alpha value is -1.39. The number of rotatable bonds is 5. The summed E-state index contributed by atoms with van der Waals surface area (Å²) in [6, 6.07) is 8.21. The van der Waals surface area contributed by atoms with Gasteiger partial charge in [0.2, 0.25) is 0 Å². The Balaban J connectivity index is 1.94. The van der Waals surface area contributed by atoms with Crippen molar-refractivity contribution in [2.45, 2.75) is 12.8 Å². The van der Waals surface area contributed by atoms with Crippen molar-refractivity contribution in [3.8, 4) is 0 Å². The van der Waals surface area contributed by atoms with Crippen LogP contribution in [0, 0.1) is 0 Å². The number of carbonyl (C=O) groups is 1. The largest absolute Gasteiger partial charge is 0.378 e. The number of ketones is 1. The van der Waals surface area contributed by atoms with E-state index < -0.39 is 0 Å². The summed E-state index contributed by atoms with van der Waals surface area (Å²) >= 11 is 0. The lowest BCUT2D eigenvalue weighted by molar-refractivity contribution is -0.118. The van der Waals surface area contributed by atoms with Crippen LogP contribution in [-0.2, 0) is 16.0 Å². The third kappa shape index (κ3) is 3.55. The zero-order chi connectivity index (χ0) is 12.8. The van der Waals surface area contributed by atoms with E-state index in [2.05, 4.69) is 17.0 Å². The molecule has 0 aromatic heterocycles. The molecule has 0 unspecified atom stereocenters. The quantitative estimate of drug-likeness (QED) is 0.844. The van der Waals surface area contributed by atoms with Crippen molar-refractivity contribution in [2.24, 2.45) is 5.73 Å².